The number of imidazole rings is 1. The van der Waals surface area contributed by atoms with Crippen LogP contribution in [-0.2, 0) is 16.0 Å². The number of ether oxygens (including phenoxy) is 2. The van der Waals surface area contributed by atoms with Crippen molar-refractivity contribution in [3.8, 4) is 6.07 Å². The average Bonchev–Trinajstić information content (AvgIpc) is 3.04. The van der Waals surface area contributed by atoms with Crippen LogP contribution in [0.4, 0.5) is 0 Å². The molecule has 2 aromatic heterocycles. The third-order valence-corrected chi connectivity index (χ3v) is 3.88. The lowest BCUT2D eigenvalue weighted by Crippen LogP contribution is -2.10. The van der Waals surface area contributed by atoms with Crippen LogP contribution in [0.5, 0.6) is 0 Å². The van der Waals surface area contributed by atoms with Gasteiger partial charge >= 0.3 is 5.97 Å². The van der Waals surface area contributed by atoms with E-state index in [0.717, 1.165) is 16.5 Å². The summed E-state index contributed by atoms with van der Waals surface area (Å²) < 4.78 is 11.5. The first kappa shape index (κ1) is 17.9. The Balaban J connectivity index is 1.83. The molecular formula is C18H15ClN4O3. The minimum atomic E-state index is -0.591. The van der Waals surface area contributed by atoms with Crippen molar-refractivity contribution in [2.24, 2.45) is 0 Å². The molecule has 0 amide bonds. The zero-order chi connectivity index (χ0) is 18.5. The van der Waals surface area contributed by atoms with Gasteiger partial charge in [-0.2, -0.15) is 5.26 Å². The summed E-state index contributed by atoms with van der Waals surface area (Å²) in [4.78, 5) is 20.3. The number of halogens is 1. The molecular weight excluding hydrogens is 356 g/mol. The smallest absolute Gasteiger partial charge is 0.358 e. The van der Waals surface area contributed by atoms with E-state index in [4.69, 9.17) is 21.1 Å². The summed E-state index contributed by atoms with van der Waals surface area (Å²) in [7, 11) is 1.52. The van der Waals surface area contributed by atoms with Crippen molar-refractivity contribution < 1.29 is 14.3 Å². The maximum atomic E-state index is 12.0. The minimum absolute atomic E-state index is 0.0863. The fraction of sp³-hybridized carbons (Fsp3) is 0.222. The molecule has 26 heavy (non-hydrogen) atoms. The number of carbonyl (C=O) groups is 1. The molecule has 0 saturated heterocycles. The molecule has 8 heteroatoms. The van der Waals surface area contributed by atoms with Gasteiger partial charge in [-0.25, -0.2) is 9.78 Å². The van der Waals surface area contributed by atoms with Gasteiger partial charge in [0.1, 0.15) is 12.7 Å². The molecule has 0 bridgehead atoms. The monoisotopic (exact) mass is 370 g/mol. The lowest BCUT2D eigenvalue weighted by Gasteiger charge is -2.06. The van der Waals surface area contributed by atoms with Crippen molar-refractivity contribution in [2.45, 2.75) is 6.54 Å². The highest BCUT2D eigenvalue weighted by Gasteiger charge is 2.16. The van der Waals surface area contributed by atoms with E-state index in [2.05, 4.69) is 9.97 Å². The number of benzene rings is 1. The van der Waals surface area contributed by atoms with Crippen LogP contribution in [0.2, 0.25) is 5.02 Å². The molecule has 2 heterocycles. The number of carbonyl (C=O) groups excluding carboxylic acids is 1. The van der Waals surface area contributed by atoms with Crippen molar-refractivity contribution in [3.63, 3.8) is 0 Å². The standard InChI is InChI=1S/C18H15ClN4O3/c1-25-4-5-26-18(24)16-11-23(17(8-20)22-16)10-12-2-3-15-13(6-12)7-14(19)9-21-15/h2-3,6-7,9,11H,4-5,10H2,1H3. The zero-order valence-corrected chi connectivity index (χ0v) is 14.7. The van der Waals surface area contributed by atoms with Gasteiger partial charge in [-0.3, -0.25) is 4.98 Å². The van der Waals surface area contributed by atoms with E-state index >= 15 is 0 Å². The third-order valence-electron chi connectivity index (χ3n) is 3.67. The summed E-state index contributed by atoms with van der Waals surface area (Å²) in [6, 6.07) is 9.53. The van der Waals surface area contributed by atoms with Crippen LogP contribution in [0.1, 0.15) is 21.9 Å². The van der Waals surface area contributed by atoms with Gasteiger partial charge in [-0.05, 0) is 23.8 Å². The first-order chi connectivity index (χ1) is 12.6. The molecule has 132 valence electrons. The van der Waals surface area contributed by atoms with Crippen LogP contribution in [0.3, 0.4) is 0 Å². The molecule has 0 spiro atoms. The Bertz CT molecular complexity index is 994. The van der Waals surface area contributed by atoms with Crippen LogP contribution in [0.15, 0.2) is 36.7 Å². The van der Waals surface area contributed by atoms with Gasteiger partial charge in [0, 0.05) is 31.4 Å². The number of nitriles is 1. The van der Waals surface area contributed by atoms with E-state index in [-0.39, 0.29) is 18.1 Å². The number of pyridine rings is 1. The SMILES string of the molecule is COCCOC(=O)c1cn(Cc2ccc3ncc(Cl)cc3c2)c(C#N)n1. The predicted octanol–water partition coefficient (Wildman–Crippen LogP) is 2.81. The number of fused-ring (bicyclic) bond motifs is 1. The van der Waals surface area contributed by atoms with Crippen molar-refractivity contribution >= 4 is 28.5 Å². The van der Waals surface area contributed by atoms with Crippen LogP contribution < -0.4 is 0 Å². The van der Waals surface area contributed by atoms with Crippen molar-refractivity contribution in [1.82, 2.24) is 14.5 Å². The van der Waals surface area contributed by atoms with Gasteiger partial charge in [0.05, 0.1) is 17.1 Å². The van der Waals surface area contributed by atoms with E-state index in [0.29, 0.717) is 18.2 Å². The van der Waals surface area contributed by atoms with E-state index in [9.17, 15) is 10.1 Å². The maximum absolute atomic E-state index is 12.0. The van der Waals surface area contributed by atoms with Gasteiger partial charge in [-0.1, -0.05) is 17.7 Å². The molecule has 0 saturated carbocycles. The highest BCUT2D eigenvalue weighted by atomic mass is 35.5. The molecule has 3 rings (SSSR count). The normalized spacial score (nSPS) is 10.7. The van der Waals surface area contributed by atoms with Crippen molar-refractivity contribution in [2.75, 3.05) is 20.3 Å². The molecule has 7 nitrogen and oxygen atoms in total. The predicted molar refractivity (Wildman–Crippen MR) is 95.0 cm³/mol. The van der Waals surface area contributed by atoms with Gasteiger partial charge in [0.15, 0.2) is 5.69 Å². The summed E-state index contributed by atoms with van der Waals surface area (Å²) >= 11 is 5.99. The lowest BCUT2D eigenvalue weighted by molar-refractivity contribution is 0.0382. The second kappa shape index (κ2) is 7.95. The average molecular weight is 371 g/mol. The summed E-state index contributed by atoms with van der Waals surface area (Å²) in [6.07, 6.45) is 3.10. The summed E-state index contributed by atoms with van der Waals surface area (Å²) in [5.41, 5.74) is 1.84. The first-order valence-corrected chi connectivity index (χ1v) is 8.16. The summed E-state index contributed by atoms with van der Waals surface area (Å²) in [5, 5.41) is 10.7. The minimum Gasteiger partial charge on any atom is -0.458 e. The molecule has 0 N–H and O–H groups in total. The molecule has 3 aromatic rings. The Morgan fingerprint density at radius 3 is 2.96 bits per heavy atom. The number of hydrogen-bond acceptors (Lipinski definition) is 6. The highest BCUT2D eigenvalue weighted by molar-refractivity contribution is 6.31. The van der Waals surface area contributed by atoms with Crippen LogP contribution in [0, 0.1) is 11.3 Å². The van der Waals surface area contributed by atoms with E-state index in [1.54, 1.807) is 10.8 Å². The third kappa shape index (κ3) is 3.99. The van der Waals surface area contributed by atoms with Gasteiger partial charge in [-0.15, -0.1) is 0 Å². The van der Waals surface area contributed by atoms with Crippen LogP contribution in [-0.4, -0.2) is 40.8 Å². The van der Waals surface area contributed by atoms with Crippen LogP contribution >= 0.6 is 11.6 Å². The van der Waals surface area contributed by atoms with Crippen molar-refractivity contribution in [1.29, 1.82) is 5.26 Å². The highest BCUT2D eigenvalue weighted by Crippen LogP contribution is 2.19. The second-order valence-corrected chi connectivity index (χ2v) is 5.94. The first-order valence-electron chi connectivity index (χ1n) is 7.78. The van der Waals surface area contributed by atoms with E-state index in [1.807, 2.05) is 30.3 Å². The fourth-order valence-corrected chi connectivity index (χ4v) is 2.63. The number of hydrogen-bond donors (Lipinski definition) is 0. The molecule has 0 unspecified atom stereocenters. The zero-order valence-electron chi connectivity index (χ0n) is 14.0. The Hall–Kier alpha value is -2.95. The Labute approximate surface area is 154 Å². The maximum Gasteiger partial charge on any atom is 0.358 e. The molecule has 0 radical (unpaired) electrons. The van der Waals surface area contributed by atoms with E-state index in [1.165, 1.54) is 13.3 Å². The largest absolute Gasteiger partial charge is 0.458 e. The molecule has 0 aliphatic carbocycles. The number of rotatable bonds is 6. The van der Waals surface area contributed by atoms with Gasteiger partial charge in [0.25, 0.3) is 0 Å². The fourth-order valence-electron chi connectivity index (χ4n) is 2.46. The number of esters is 1. The molecule has 0 aliphatic rings. The van der Waals surface area contributed by atoms with E-state index < -0.39 is 5.97 Å². The molecule has 0 fully saturated rings. The Morgan fingerprint density at radius 2 is 2.19 bits per heavy atom. The Morgan fingerprint density at radius 1 is 1.35 bits per heavy atom. The molecule has 0 aliphatic heterocycles. The summed E-state index contributed by atoms with van der Waals surface area (Å²) in [6.45, 7) is 0.803. The Kier molecular flexibility index (Phi) is 5.46. The number of methoxy groups -OCH3 is 1. The van der Waals surface area contributed by atoms with Crippen molar-refractivity contribution in [3.05, 3.63) is 58.8 Å². The second-order valence-electron chi connectivity index (χ2n) is 5.50. The van der Waals surface area contributed by atoms with Gasteiger partial charge in [0.2, 0.25) is 5.82 Å². The summed E-state index contributed by atoms with van der Waals surface area (Å²) in [5.74, 6) is -0.459. The lowest BCUT2D eigenvalue weighted by atomic mass is 10.1. The topological polar surface area (TPSA) is 90.0 Å². The van der Waals surface area contributed by atoms with Crippen LogP contribution in [0.25, 0.3) is 10.9 Å². The molecule has 0 atom stereocenters. The number of aromatic nitrogens is 3. The quantitative estimate of drug-likeness (QED) is 0.489. The number of nitrogens with zero attached hydrogens (tertiary/aromatic N) is 4. The molecule has 1 aromatic carbocycles. The van der Waals surface area contributed by atoms with Gasteiger partial charge < -0.3 is 14.0 Å².